The topological polar surface area (TPSA) is 38.7 Å². The molecule has 3 heteroatoms. The Morgan fingerprint density at radius 2 is 2.06 bits per heavy atom. The fourth-order valence-electron chi connectivity index (χ4n) is 4.48. The maximum absolute atomic E-state index is 9.57. The first-order chi connectivity index (χ1) is 8.60. The van der Waals surface area contributed by atoms with Crippen molar-refractivity contribution >= 4 is 0 Å². The molecule has 1 saturated carbocycles. The van der Waals surface area contributed by atoms with Gasteiger partial charge < -0.3 is 14.6 Å². The number of ether oxygens (including phenoxy) is 2. The summed E-state index contributed by atoms with van der Waals surface area (Å²) in [5, 5.41) is 9.57. The zero-order chi connectivity index (χ0) is 12.8. The van der Waals surface area contributed by atoms with E-state index in [9.17, 15) is 5.11 Å². The number of aliphatic hydroxyl groups is 1. The third kappa shape index (κ3) is 1.68. The van der Waals surface area contributed by atoms with Crippen molar-refractivity contribution in [2.45, 2.75) is 45.3 Å². The number of fused-ring (bicyclic) bond motifs is 1. The summed E-state index contributed by atoms with van der Waals surface area (Å²) in [5.41, 5.74) is 1.62. The molecule has 2 fully saturated rings. The van der Waals surface area contributed by atoms with E-state index in [2.05, 4.69) is 19.9 Å². The predicted molar refractivity (Wildman–Crippen MR) is 69.0 cm³/mol. The summed E-state index contributed by atoms with van der Waals surface area (Å²) in [7, 11) is 0. The van der Waals surface area contributed by atoms with Gasteiger partial charge in [0, 0.05) is 18.4 Å². The highest BCUT2D eigenvalue weighted by Crippen LogP contribution is 2.58. The van der Waals surface area contributed by atoms with Gasteiger partial charge in [-0.3, -0.25) is 0 Å². The largest absolute Gasteiger partial charge is 0.396 e. The predicted octanol–water partition coefficient (Wildman–Crippen LogP) is 2.49. The number of hydrogen-bond acceptors (Lipinski definition) is 3. The summed E-state index contributed by atoms with van der Waals surface area (Å²) in [6.07, 6.45) is 6.90. The smallest absolute Gasteiger partial charge is 0.169 e. The molecular weight excluding hydrogens is 228 g/mol. The van der Waals surface area contributed by atoms with Gasteiger partial charge in [-0.05, 0) is 31.6 Å². The highest BCUT2D eigenvalue weighted by molar-refractivity contribution is 5.28. The third-order valence-electron chi connectivity index (χ3n) is 5.40. The van der Waals surface area contributed by atoms with Crippen molar-refractivity contribution in [2.75, 3.05) is 19.8 Å². The van der Waals surface area contributed by atoms with Gasteiger partial charge in [-0.1, -0.05) is 25.0 Å². The van der Waals surface area contributed by atoms with E-state index in [4.69, 9.17) is 9.47 Å². The van der Waals surface area contributed by atoms with Gasteiger partial charge in [0.15, 0.2) is 5.79 Å². The molecule has 2 aliphatic carbocycles. The van der Waals surface area contributed by atoms with Crippen LogP contribution >= 0.6 is 0 Å². The molecule has 0 unspecified atom stereocenters. The fourth-order valence-corrected chi connectivity index (χ4v) is 4.48. The number of rotatable bonds is 2. The molecule has 0 aromatic rings. The Bertz CT molecular complexity index is 357. The summed E-state index contributed by atoms with van der Waals surface area (Å²) in [6, 6.07) is 0. The molecule has 0 aromatic heterocycles. The molecule has 1 heterocycles. The van der Waals surface area contributed by atoms with Gasteiger partial charge in [0.1, 0.15) is 0 Å². The van der Waals surface area contributed by atoms with E-state index in [0.29, 0.717) is 25.0 Å². The quantitative estimate of drug-likeness (QED) is 0.767. The van der Waals surface area contributed by atoms with Crippen LogP contribution in [0.3, 0.4) is 0 Å². The molecule has 0 amide bonds. The van der Waals surface area contributed by atoms with Crippen LogP contribution in [-0.2, 0) is 9.47 Å². The average Bonchev–Trinajstić information content (AvgIpc) is 2.92. The third-order valence-corrected chi connectivity index (χ3v) is 5.40. The van der Waals surface area contributed by atoms with Crippen LogP contribution in [0.4, 0.5) is 0 Å². The normalized spacial score (nSPS) is 42.7. The average molecular weight is 252 g/mol. The number of aliphatic hydroxyl groups excluding tert-OH is 1. The van der Waals surface area contributed by atoms with Crippen LogP contribution in [0.5, 0.6) is 0 Å². The first-order valence-corrected chi connectivity index (χ1v) is 7.19. The Morgan fingerprint density at radius 3 is 2.72 bits per heavy atom. The molecule has 1 N–H and O–H groups in total. The van der Waals surface area contributed by atoms with E-state index in [-0.39, 0.29) is 12.0 Å². The van der Waals surface area contributed by atoms with E-state index in [1.165, 1.54) is 18.4 Å². The van der Waals surface area contributed by atoms with Crippen LogP contribution in [0.25, 0.3) is 0 Å². The molecule has 0 radical (unpaired) electrons. The molecule has 1 aliphatic heterocycles. The van der Waals surface area contributed by atoms with Gasteiger partial charge in [0.25, 0.3) is 0 Å². The summed E-state index contributed by atoms with van der Waals surface area (Å²) in [6.45, 7) is 6.14. The molecule has 18 heavy (non-hydrogen) atoms. The Morgan fingerprint density at radius 1 is 1.33 bits per heavy atom. The molecule has 0 aromatic carbocycles. The lowest BCUT2D eigenvalue weighted by Crippen LogP contribution is -2.46. The van der Waals surface area contributed by atoms with Crippen molar-refractivity contribution in [1.29, 1.82) is 0 Å². The molecule has 0 spiro atoms. The highest BCUT2D eigenvalue weighted by Gasteiger charge is 2.55. The van der Waals surface area contributed by atoms with E-state index in [0.717, 1.165) is 12.8 Å². The number of allylic oxidation sites excluding steroid dienone is 1. The summed E-state index contributed by atoms with van der Waals surface area (Å²) in [4.78, 5) is 0. The van der Waals surface area contributed by atoms with Crippen molar-refractivity contribution in [3.8, 4) is 0 Å². The second kappa shape index (κ2) is 4.32. The molecule has 3 rings (SSSR count). The van der Waals surface area contributed by atoms with Gasteiger partial charge in [-0.15, -0.1) is 0 Å². The lowest BCUT2D eigenvalue weighted by Gasteiger charge is -2.46. The van der Waals surface area contributed by atoms with E-state index in [1.807, 2.05) is 0 Å². The summed E-state index contributed by atoms with van der Waals surface area (Å²) in [5.74, 6) is 0.334. The lowest BCUT2D eigenvalue weighted by molar-refractivity contribution is -0.202. The molecule has 1 saturated heterocycles. The minimum absolute atomic E-state index is 0.157. The Labute approximate surface area is 109 Å². The highest BCUT2D eigenvalue weighted by atomic mass is 16.7. The molecule has 102 valence electrons. The molecule has 0 bridgehead atoms. The van der Waals surface area contributed by atoms with E-state index < -0.39 is 5.79 Å². The summed E-state index contributed by atoms with van der Waals surface area (Å²) >= 11 is 0. The number of hydrogen-bond donors (Lipinski definition) is 1. The van der Waals surface area contributed by atoms with Crippen LogP contribution in [0.15, 0.2) is 11.6 Å². The Hall–Kier alpha value is -0.380. The van der Waals surface area contributed by atoms with Crippen molar-refractivity contribution in [2.24, 2.45) is 17.3 Å². The van der Waals surface area contributed by atoms with E-state index in [1.54, 1.807) is 0 Å². The minimum Gasteiger partial charge on any atom is -0.396 e. The van der Waals surface area contributed by atoms with Crippen molar-refractivity contribution < 1.29 is 14.6 Å². The van der Waals surface area contributed by atoms with Crippen LogP contribution < -0.4 is 0 Å². The van der Waals surface area contributed by atoms with E-state index >= 15 is 0 Å². The zero-order valence-corrected chi connectivity index (χ0v) is 11.4. The lowest BCUT2D eigenvalue weighted by atomic mass is 9.62. The van der Waals surface area contributed by atoms with Gasteiger partial charge >= 0.3 is 0 Å². The second-order valence-corrected chi connectivity index (χ2v) is 6.35. The standard InChI is InChI=1S/C15H24O3/c1-14-7-3-4-11(10-16)12(14)5-6-13(14)15(2)17-8-9-18-15/h5,11,13,16H,3-4,6-10H2,1-2H3/t11-,13-,14-/m0/s1. The second-order valence-electron chi connectivity index (χ2n) is 6.35. The SMILES string of the molecule is CC1([C@H]2CC=C3[C@H](CO)CCC[C@@]32C)OCCO1. The monoisotopic (exact) mass is 252 g/mol. The maximum Gasteiger partial charge on any atom is 0.169 e. The van der Waals surface area contributed by atoms with Crippen LogP contribution in [0.2, 0.25) is 0 Å². The van der Waals surface area contributed by atoms with Gasteiger partial charge in [0.2, 0.25) is 0 Å². The first kappa shape index (κ1) is 12.6. The van der Waals surface area contributed by atoms with Crippen molar-refractivity contribution in [3.63, 3.8) is 0 Å². The summed E-state index contributed by atoms with van der Waals surface area (Å²) < 4.78 is 11.8. The van der Waals surface area contributed by atoms with Gasteiger partial charge in [-0.25, -0.2) is 0 Å². The zero-order valence-electron chi connectivity index (χ0n) is 11.4. The first-order valence-electron chi connectivity index (χ1n) is 7.19. The molecule has 3 aliphatic rings. The Kier molecular flexibility index (Phi) is 3.04. The van der Waals surface area contributed by atoms with Crippen LogP contribution in [0.1, 0.15) is 39.5 Å². The van der Waals surface area contributed by atoms with Crippen molar-refractivity contribution in [1.82, 2.24) is 0 Å². The maximum atomic E-state index is 9.57. The van der Waals surface area contributed by atoms with Gasteiger partial charge in [0.05, 0.1) is 13.2 Å². The fraction of sp³-hybridized carbons (Fsp3) is 0.867. The Balaban J connectivity index is 1.88. The van der Waals surface area contributed by atoms with Crippen LogP contribution in [0, 0.1) is 17.3 Å². The molecule has 3 nitrogen and oxygen atoms in total. The minimum atomic E-state index is -0.426. The van der Waals surface area contributed by atoms with Crippen LogP contribution in [-0.4, -0.2) is 30.7 Å². The molecular formula is C15H24O3. The molecule has 3 atom stereocenters. The van der Waals surface area contributed by atoms with Crippen molar-refractivity contribution in [3.05, 3.63) is 11.6 Å². The van der Waals surface area contributed by atoms with Gasteiger partial charge in [-0.2, -0.15) is 0 Å².